The lowest BCUT2D eigenvalue weighted by Crippen LogP contribution is -2.44. The topological polar surface area (TPSA) is 20.3 Å². The van der Waals surface area contributed by atoms with Crippen LogP contribution in [0.2, 0.25) is 15.1 Å². The Balaban J connectivity index is 1.97. The average Bonchev–Trinajstić information content (AvgIpc) is 2.82. The van der Waals surface area contributed by atoms with Gasteiger partial charge in [-0.2, -0.15) is 0 Å². The quantitative estimate of drug-likeness (QED) is 0.394. The highest BCUT2D eigenvalue weighted by molar-refractivity contribution is 6.46. The van der Waals surface area contributed by atoms with Gasteiger partial charge in [-0.25, -0.2) is 0 Å². The van der Waals surface area contributed by atoms with E-state index in [2.05, 4.69) is 32.9 Å². The number of carbonyl (C=O) groups is 1. The van der Waals surface area contributed by atoms with Crippen molar-refractivity contribution in [2.75, 3.05) is 6.54 Å². The van der Waals surface area contributed by atoms with E-state index < -0.39 is 0 Å². The average molecular weight is 493 g/mol. The summed E-state index contributed by atoms with van der Waals surface area (Å²) < 4.78 is 0. The molecule has 0 bridgehead atoms. The predicted octanol–water partition coefficient (Wildman–Crippen LogP) is 8.43. The number of hydrogen-bond acceptors (Lipinski definition) is 1. The van der Waals surface area contributed by atoms with E-state index in [4.69, 9.17) is 34.8 Å². The van der Waals surface area contributed by atoms with Crippen molar-refractivity contribution in [3.8, 4) is 0 Å². The fourth-order valence-electron chi connectivity index (χ4n) is 6.03. The highest BCUT2D eigenvalue weighted by Gasteiger charge is 2.50. The zero-order valence-electron chi connectivity index (χ0n) is 19.6. The van der Waals surface area contributed by atoms with Gasteiger partial charge in [-0.3, -0.25) is 4.79 Å². The van der Waals surface area contributed by atoms with E-state index in [-0.39, 0.29) is 17.2 Å². The van der Waals surface area contributed by atoms with Gasteiger partial charge in [0.05, 0.1) is 20.6 Å². The molecule has 1 heterocycles. The molecule has 3 unspecified atom stereocenters. The van der Waals surface area contributed by atoms with E-state index in [1.165, 1.54) is 5.56 Å². The number of amides is 1. The summed E-state index contributed by atoms with van der Waals surface area (Å²) in [4.78, 5) is 16.1. The highest BCUT2D eigenvalue weighted by Crippen LogP contribution is 2.55. The molecule has 1 aliphatic carbocycles. The smallest absolute Gasteiger partial charge is 0.256 e. The van der Waals surface area contributed by atoms with Crippen LogP contribution < -0.4 is 0 Å². The van der Waals surface area contributed by atoms with Crippen LogP contribution in [0.1, 0.15) is 85.5 Å². The standard InChI is InChI=1S/C27H32Cl3NO/c1-15(2)20-23(28)21-22(25(30)24(20)29)27(5)12-8-10-17(4)19(27)14-31(26(21)32)13-18-11-7-6-9-16(18)3/h6-7,9,11,15,17,19H,8,10,12-14H2,1-5H3. The Morgan fingerprint density at radius 1 is 1.12 bits per heavy atom. The number of benzene rings is 2. The predicted molar refractivity (Wildman–Crippen MR) is 135 cm³/mol. The van der Waals surface area contributed by atoms with Crippen molar-refractivity contribution in [1.82, 2.24) is 4.90 Å². The molecule has 0 spiro atoms. The molecule has 1 fully saturated rings. The maximum Gasteiger partial charge on any atom is 0.256 e. The van der Waals surface area contributed by atoms with E-state index >= 15 is 0 Å². The largest absolute Gasteiger partial charge is 0.334 e. The summed E-state index contributed by atoms with van der Waals surface area (Å²) in [5.74, 6) is 0.800. The lowest BCUT2D eigenvalue weighted by atomic mass is 9.59. The van der Waals surface area contributed by atoms with Crippen LogP contribution in [-0.4, -0.2) is 17.4 Å². The molecular formula is C27H32Cl3NO. The Labute approximate surface area is 207 Å². The fraction of sp³-hybridized carbons (Fsp3) is 0.519. The van der Waals surface area contributed by atoms with Gasteiger partial charge in [0.2, 0.25) is 0 Å². The first kappa shape index (κ1) is 23.9. The number of hydrogen-bond donors (Lipinski definition) is 0. The van der Waals surface area contributed by atoms with Gasteiger partial charge >= 0.3 is 0 Å². The number of carbonyl (C=O) groups excluding carboxylic acids is 1. The normalized spacial score (nSPS) is 25.5. The van der Waals surface area contributed by atoms with E-state index in [9.17, 15) is 4.79 Å². The summed E-state index contributed by atoms with van der Waals surface area (Å²) in [5.41, 5.74) is 4.31. The molecule has 1 aliphatic heterocycles. The van der Waals surface area contributed by atoms with Gasteiger partial charge in [0.1, 0.15) is 0 Å². The molecule has 5 heteroatoms. The first-order valence-electron chi connectivity index (χ1n) is 11.6. The zero-order valence-corrected chi connectivity index (χ0v) is 21.8. The summed E-state index contributed by atoms with van der Waals surface area (Å²) in [7, 11) is 0. The van der Waals surface area contributed by atoms with Gasteiger partial charge in [-0.15, -0.1) is 0 Å². The van der Waals surface area contributed by atoms with Crippen molar-refractivity contribution in [1.29, 1.82) is 0 Å². The van der Waals surface area contributed by atoms with Crippen LogP contribution in [0.25, 0.3) is 0 Å². The molecule has 0 saturated heterocycles. The van der Waals surface area contributed by atoms with Gasteiger partial charge in [0.25, 0.3) is 5.91 Å². The number of fused-ring (bicyclic) bond motifs is 3. The first-order chi connectivity index (χ1) is 15.1. The second kappa shape index (κ2) is 8.85. The molecule has 2 nitrogen and oxygen atoms in total. The number of nitrogens with zero attached hydrogens (tertiary/aromatic N) is 1. The third-order valence-electron chi connectivity index (χ3n) is 7.90. The van der Waals surface area contributed by atoms with Gasteiger partial charge in [-0.1, -0.05) is 99.6 Å². The van der Waals surface area contributed by atoms with Gasteiger partial charge in [0, 0.05) is 13.1 Å². The number of aryl methyl sites for hydroxylation is 1. The molecule has 0 radical (unpaired) electrons. The molecule has 2 aromatic rings. The fourth-order valence-corrected chi connectivity index (χ4v) is 7.38. The van der Waals surface area contributed by atoms with E-state index in [0.717, 1.165) is 36.0 Å². The first-order valence-corrected chi connectivity index (χ1v) is 12.8. The van der Waals surface area contributed by atoms with E-state index in [0.29, 0.717) is 45.6 Å². The van der Waals surface area contributed by atoms with Crippen LogP contribution in [0.4, 0.5) is 0 Å². The Bertz CT molecular complexity index is 1060. The summed E-state index contributed by atoms with van der Waals surface area (Å²) in [6, 6.07) is 8.27. The van der Waals surface area contributed by atoms with Gasteiger partial charge in [0.15, 0.2) is 0 Å². The Morgan fingerprint density at radius 2 is 1.81 bits per heavy atom. The van der Waals surface area contributed by atoms with Crippen molar-refractivity contribution in [3.63, 3.8) is 0 Å². The second-order valence-corrected chi connectivity index (χ2v) is 11.4. The molecule has 2 aliphatic rings. The van der Waals surface area contributed by atoms with Crippen LogP contribution in [0.15, 0.2) is 24.3 Å². The zero-order chi connectivity index (χ0) is 23.4. The van der Waals surface area contributed by atoms with Crippen LogP contribution in [0.3, 0.4) is 0 Å². The van der Waals surface area contributed by atoms with Gasteiger partial charge in [-0.05, 0) is 58.8 Å². The van der Waals surface area contributed by atoms with E-state index in [1.807, 2.05) is 30.9 Å². The van der Waals surface area contributed by atoms with Crippen LogP contribution in [-0.2, 0) is 12.0 Å². The molecule has 32 heavy (non-hydrogen) atoms. The Hall–Kier alpha value is -1.22. The van der Waals surface area contributed by atoms with Crippen molar-refractivity contribution < 1.29 is 4.79 Å². The molecule has 172 valence electrons. The van der Waals surface area contributed by atoms with Crippen LogP contribution >= 0.6 is 34.8 Å². The monoisotopic (exact) mass is 491 g/mol. The lowest BCUT2D eigenvalue weighted by Gasteiger charge is -2.46. The minimum atomic E-state index is -0.247. The van der Waals surface area contributed by atoms with Crippen molar-refractivity contribution in [2.45, 2.75) is 71.8 Å². The third kappa shape index (κ3) is 3.77. The maximum atomic E-state index is 14.1. The van der Waals surface area contributed by atoms with Gasteiger partial charge < -0.3 is 4.90 Å². The summed E-state index contributed by atoms with van der Waals surface area (Å²) >= 11 is 20.8. The molecular weight excluding hydrogens is 461 g/mol. The second-order valence-electron chi connectivity index (χ2n) is 10.3. The highest BCUT2D eigenvalue weighted by atomic mass is 35.5. The molecule has 1 saturated carbocycles. The van der Waals surface area contributed by atoms with E-state index in [1.54, 1.807) is 0 Å². The molecule has 2 aromatic carbocycles. The minimum Gasteiger partial charge on any atom is -0.334 e. The number of halogens is 3. The SMILES string of the molecule is Cc1ccccc1CN1CC2C(C)CCCC2(C)c2c(Cl)c(Cl)c(C(C)C)c(Cl)c2C1=O. The van der Waals surface area contributed by atoms with Crippen molar-refractivity contribution in [3.05, 3.63) is 67.2 Å². The van der Waals surface area contributed by atoms with Crippen molar-refractivity contribution in [2.24, 2.45) is 11.8 Å². The summed E-state index contributed by atoms with van der Waals surface area (Å²) in [6.45, 7) is 12.0. The molecule has 0 aromatic heterocycles. The third-order valence-corrected chi connectivity index (χ3v) is 9.16. The maximum absolute atomic E-state index is 14.1. The van der Waals surface area contributed by atoms with Crippen LogP contribution in [0, 0.1) is 18.8 Å². The molecule has 0 N–H and O–H groups in total. The lowest BCUT2D eigenvalue weighted by molar-refractivity contribution is 0.0612. The molecule has 1 amide bonds. The summed E-state index contributed by atoms with van der Waals surface area (Å²) in [5, 5.41) is 1.50. The summed E-state index contributed by atoms with van der Waals surface area (Å²) in [6.07, 6.45) is 3.25. The molecule has 3 atom stereocenters. The number of rotatable bonds is 3. The van der Waals surface area contributed by atoms with Crippen molar-refractivity contribution >= 4 is 40.7 Å². The van der Waals surface area contributed by atoms with Crippen LogP contribution in [0.5, 0.6) is 0 Å². The Kier molecular flexibility index (Phi) is 6.62. The molecule has 4 rings (SSSR count). The minimum absolute atomic E-state index is 0.0310. The Morgan fingerprint density at radius 3 is 2.47 bits per heavy atom.